The Hall–Kier alpha value is -6.58. The van der Waals surface area contributed by atoms with Gasteiger partial charge in [-0.25, -0.2) is 0 Å². The van der Waals surface area contributed by atoms with Gasteiger partial charge >= 0.3 is 0 Å². The number of hydrogen-bond donors (Lipinski definition) is 0. The predicted octanol–water partition coefficient (Wildman–Crippen LogP) is 8.30. The average molecular weight is 615 g/mol. The summed E-state index contributed by atoms with van der Waals surface area (Å²) in [6.45, 7) is 3.85. The van der Waals surface area contributed by atoms with Gasteiger partial charge in [-0.3, -0.25) is 0 Å². The highest BCUT2D eigenvalue weighted by Gasteiger charge is 2.17. The zero-order valence-corrected chi connectivity index (χ0v) is 25.6. The molecule has 0 radical (unpaired) electrons. The third kappa shape index (κ3) is 6.60. The van der Waals surface area contributed by atoms with E-state index in [0.29, 0.717) is 40.9 Å². The van der Waals surface area contributed by atoms with Crippen LogP contribution < -0.4 is 0 Å². The van der Waals surface area contributed by atoms with Gasteiger partial charge in [-0.05, 0) is 80.6 Å². The number of hydrogen-bond acceptors (Lipinski definition) is 9. The van der Waals surface area contributed by atoms with Crippen molar-refractivity contribution in [1.29, 1.82) is 0 Å². The third-order valence-electron chi connectivity index (χ3n) is 7.15. The van der Waals surface area contributed by atoms with Crippen molar-refractivity contribution in [2.75, 3.05) is 0 Å². The van der Waals surface area contributed by atoms with Crippen LogP contribution in [0.3, 0.4) is 0 Å². The van der Waals surface area contributed by atoms with Crippen molar-refractivity contribution >= 4 is 0 Å². The van der Waals surface area contributed by atoms with Crippen LogP contribution in [0.15, 0.2) is 110 Å². The molecule has 0 bridgehead atoms. The SMILES string of the molecule is CC#CCCC#Cc1cccc(-c2nnc(-c3cccc(-c4nnc(-c5cccc(-c6nnc(-c7cccc(C)c7)o6)c5)o4)c3)o2)c1. The van der Waals surface area contributed by atoms with Crippen LogP contribution in [0.1, 0.15) is 30.9 Å². The molecular formula is C38H26N6O3. The first-order chi connectivity index (χ1) is 23.1. The largest absolute Gasteiger partial charge is 0.416 e. The van der Waals surface area contributed by atoms with Gasteiger partial charge in [0.2, 0.25) is 35.3 Å². The highest BCUT2D eigenvalue weighted by atomic mass is 16.4. The van der Waals surface area contributed by atoms with Crippen molar-refractivity contribution < 1.29 is 13.3 Å². The van der Waals surface area contributed by atoms with Gasteiger partial charge in [0.25, 0.3) is 0 Å². The van der Waals surface area contributed by atoms with E-state index in [0.717, 1.165) is 51.8 Å². The van der Waals surface area contributed by atoms with Gasteiger partial charge in [-0.2, -0.15) is 0 Å². The van der Waals surface area contributed by atoms with E-state index in [2.05, 4.69) is 54.3 Å². The zero-order valence-electron chi connectivity index (χ0n) is 25.6. The summed E-state index contributed by atoms with van der Waals surface area (Å²) in [5, 5.41) is 25.6. The van der Waals surface area contributed by atoms with Gasteiger partial charge in [-0.15, -0.1) is 42.4 Å². The second-order valence-corrected chi connectivity index (χ2v) is 10.6. The number of nitrogens with zero attached hydrogens (tertiary/aromatic N) is 6. The van der Waals surface area contributed by atoms with E-state index in [4.69, 9.17) is 13.3 Å². The summed E-state index contributed by atoms with van der Waals surface area (Å²) >= 11 is 0. The molecule has 0 saturated carbocycles. The molecule has 0 aliphatic carbocycles. The summed E-state index contributed by atoms with van der Waals surface area (Å²) < 4.78 is 18.1. The van der Waals surface area contributed by atoms with E-state index < -0.39 is 0 Å². The van der Waals surface area contributed by atoms with Crippen molar-refractivity contribution in [1.82, 2.24) is 30.6 Å². The lowest BCUT2D eigenvalue weighted by molar-refractivity contribution is 0.582. The molecule has 0 fully saturated rings. The number of aryl methyl sites for hydroxylation is 1. The molecule has 0 aliphatic rings. The van der Waals surface area contributed by atoms with Gasteiger partial charge in [0.05, 0.1) is 0 Å². The molecule has 3 heterocycles. The monoisotopic (exact) mass is 614 g/mol. The minimum atomic E-state index is 0.350. The Bertz CT molecular complexity index is 2330. The third-order valence-corrected chi connectivity index (χ3v) is 7.15. The van der Waals surface area contributed by atoms with E-state index in [-0.39, 0.29) is 0 Å². The molecule has 9 nitrogen and oxygen atoms in total. The Morgan fingerprint density at radius 1 is 0.468 bits per heavy atom. The summed E-state index contributed by atoms with van der Waals surface area (Å²) in [5.74, 6) is 14.5. The van der Waals surface area contributed by atoms with Crippen molar-refractivity contribution in [3.8, 4) is 92.4 Å². The molecule has 0 N–H and O–H groups in total. The molecule has 226 valence electrons. The van der Waals surface area contributed by atoms with Crippen LogP contribution in [-0.2, 0) is 0 Å². The highest BCUT2D eigenvalue weighted by Crippen LogP contribution is 2.31. The maximum Gasteiger partial charge on any atom is 0.248 e. The standard InChI is InChI=1S/C38H26N6O3/c1-3-4-5-6-7-13-26-14-9-16-28(22-26)34-40-42-36(46-34)30-18-11-20-32(24-30)38-44-43-37(47-38)31-19-10-17-29(23-31)35-41-39-33(45-35)27-15-8-12-25(2)21-27/h8-12,14-24H,5-6H2,1-2H3. The van der Waals surface area contributed by atoms with E-state index in [1.165, 1.54) is 0 Å². The lowest BCUT2D eigenvalue weighted by atomic mass is 10.1. The molecule has 4 aromatic carbocycles. The summed E-state index contributed by atoms with van der Waals surface area (Å²) in [4.78, 5) is 0. The number of aromatic nitrogens is 6. The van der Waals surface area contributed by atoms with Crippen LogP contribution in [-0.4, -0.2) is 30.6 Å². The molecule has 0 unspecified atom stereocenters. The maximum absolute atomic E-state index is 6.09. The molecule has 7 aromatic rings. The second kappa shape index (κ2) is 13.2. The quantitative estimate of drug-likeness (QED) is 0.129. The van der Waals surface area contributed by atoms with E-state index in [1.54, 1.807) is 0 Å². The molecule has 0 atom stereocenters. The molecule has 0 spiro atoms. The summed E-state index contributed by atoms with van der Waals surface area (Å²) in [6, 6.07) is 30.7. The number of benzene rings is 4. The smallest absolute Gasteiger partial charge is 0.248 e. The Morgan fingerprint density at radius 3 is 1.30 bits per heavy atom. The van der Waals surface area contributed by atoms with Crippen molar-refractivity contribution in [2.45, 2.75) is 26.7 Å². The first-order valence-corrected chi connectivity index (χ1v) is 14.9. The molecule has 9 heteroatoms. The van der Waals surface area contributed by atoms with Crippen molar-refractivity contribution in [3.63, 3.8) is 0 Å². The van der Waals surface area contributed by atoms with Crippen LogP contribution in [0.2, 0.25) is 0 Å². The van der Waals surface area contributed by atoms with E-state index in [9.17, 15) is 0 Å². The predicted molar refractivity (Wildman–Crippen MR) is 177 cm³/mol. The summed E-state index contributed by atoms with van der Waals surface area (Å²) in [5.41, 5.74) is 6.52. The fourth-order valence-electron chi connectivity index (χ4n) is 4.86. The lowest BCUT2D eigenvalue weighted by Gasteiger charge is -2.00. The van der Waals surface area contributed by atoms with E-state index >= 15 is 0 Å². The fourth-order valence-corrected chi connectivity index (χ4v) is 4.86. The van der Waals surface area contributed by atoms with Crippen LogP contribution >= 0.6 is 0 Å². The summed E-state index contributed by atoms with van der Waals surface area (Å²) in [6.07, 6.45) is 1.47. The van der Waals surface area contributed by atoms with Crippen molar-refractivity contribution in [3.05, 3.63) is 108 Å². The van der Waals surface area contributed by atoms with Gasteiger partial charge in [0.1, 0.15) is 0 Å². The average Bonchev–Trinajstić information content (AvgIpc) is 3.91. The zero-order chi connectivity index (χ0) is 32.0. The van der Waals surface area contributed by atoms with Gasteiger partial charge < -0.3 is 13.3 Å². The van der Waals surface area contributed by atoms with E-state index in [1.807, 2.05) is 111 Å². The topological polar surface area (TPSA) is 117 Å². The molecule has 3 aromatic heterocycles. The molecule has 47 heavy (non-hydrogen) atoms. The van der Waals surface area contributed by atoms with Gasteiger partial charge in [-0.1, -0.05) is 47.7 Å². The van der Waals surface area contributed by atoms with Crippen LogP contribution in [0.25, 0.3) is 68.7 Å². The normalized spacial score (nSPS) is 10.6. The first kappa shape index (κ1) is 29.1. The second-order valence-electron chi connectivity index (χ2n) is 10.6. The highest BCUT2D eigenvalue weighted by molar-refractivity contribution is 5.68. The van der Waals surface area contributed by atoms with Crippen LogP contribution in [0, 0.1) is 30.6 Å². The molecule has 0 saturated heterocycles. The number of rotatable bonds is 7. The maximum atomic E-state index is 6.09. The first-order valence-electron chi connectivity index (χ1n) is 14.9. The lowest BCUT2D eigenvalue weighted by Crippen LogP contribution is -1.82. The molecule has 7 rings (SSSR count). The van der Waals surface area contributed by atoms with Crippen LogP contribution in [0.4, 0.5) is 0 Å². The summed E-state index contributed by atoms with van der Waals surface area (Å²) in [7, 11) is 0. The minimum Gasteiger partial charge on any atom is -0.416 e. The Kier molecular flexibility index (Phi) is 8.18. The Balaban J connectivity index is 1.09. The molecular weight excluding hydrogens is 588 g/mol. The minimum absolute atomic E-state index is 0.350. The molecule has 0 amide bonds. The van der Waals surface area contributed by atoms with Gasteiger partial charge in [0, 0.05) is 51.8 Å². The Morgan fingerprint density at radius 2 is 0.851 bits per heavy atom. The van der Waals surface area contributed by atoms with Crippen molar-refractivity contribution in [2.24, 2.45) is 0 Å². The fraction of sp³-hybridized carbons (Fsp3) is 0.105. The van der Waals surface area contributed by atoms with Gasteiger partial charge in [0.15, 0.2) is 0 Å². The Labute approximate surface area is 270 Å². The van der Waals surface area contributed by atoms with Crippen LogP contribution in [0.5, 0.6) is 0 Å². The number of unbranched alkanes of at least 4 members (excludes halogenated alkanes) is 1. The molecule has 0 aliphatic heterocycles.